The summed E-state index contributed by atoms with van der Waals surface area (Å²) in [6, 6.07) is 0. The van der Waals surface area contributed by atoms with E-state index in [0.717, 1.165) is 31.4 Å². The van der Waals surface area contributed by atoms with E-state index in [1.54, 1.807) is 4.68 Å². The molecule has 0 bridgehead atoms. The summed E-state index contributed by atoms with van der Waals surface area (Å²) in [7, 11) is 1.90. The van der Waals surface area contributed by atoms with Crippen LogP contribution >= 0.6 is 0 Å². The van der Waals surface area contributed by atoms with Crippen molar-refractivity contribution in [1.29, 1.82) is 0 Å². The molecule has 19 heavy (non-hydrogen) atoms. The number of ketones is 1. The third kappa shape index (κ3) is 6.53. The van der Waals surface area contributed by atoms with Gasteiger partial charge in [0.1, 0.15) is 5.78 Å². The molecular formula is C15H27N3O. The number of Topliss-reactive ketones (excluding diaryl/α,β-unsaturated/α-hetero) is 1. The quantitative estimate of drug-likeness (QED) is 0.707. The van der Waals surface area contributed by atoms with Crippen molar-refractivity contribution in [3.63, 3.8) is 0 Å². The molecule has 108 valence electrons. The van der Waals surface area contributed by atoms with Crippen molar-refractivity contribution in [2.24, 2.45) is 18.7 Å². The van der Waals surface area contributed by atoms with E-state index >= 15 is 0 Å². The Bertz CT molecular complexity index is 367. The molecule has 1 heterocycles. The van der Waals surface area contributed by atoms with E-state index in [4.69, 9.17) is 5.73 Å². The fraction of sp³-hybridized carbons (Fsp3) is 0.733. The molecule has 1 atom stereocenters. The van der Waals surface area contributed by atoms with Gasteiger partial charge in [0.15, 0.2) is 0 Å². The SMILES string of the molecule is CCCC(CCN)CCC(=O)CCc1cnn(C)c1. The molecule has 0 spiro atoms. The minimum atomic E-state index is 0.363. The van der Waals surface area contributed by atoms with E-state index in [2.05, 4.69) is 12.0 Å². The van der Waals surface area contributed by atoms with Crippen molar-refractivity contribution >= 4 is 5.78 Å². The first-order valence-corrected chi connectivity index (χ1v) is 7.35. The van der Waals surface area contributed by atoms with E-state index in [-0.39, 0.29) is 0 Å². The molecule has 4 heteroatoms. The average Bonchev–Trinajstić information content (AvgIpc) is 2.80. The molecule has 0 fully saturated rings. The second-order valence-corrected chi connectivity index (χ2v) is 5.33. The number of carbonyl (C=O) groups is 1. The number of hydrogen-bond donors (Lipinski definition) is 1. The second kappa shape index (κ2) is 8.86. The molecule has 2 N–H and O–H groups in total. The molecule has 0 amide bonds. The second-order valence-electron chi connectivity index (χ2n) is 5.33. The van der Waals surface area contributed by atoms with Gasteiger partial charge in [-0.1, -0.05) is 19.8 Å². The lowest BCUT2D eigenvalue weighted by Gasteiger charge is -2.14. The number of rotatable bonds is 10. The summed E-state index contributed by atoms with van der Waals surface area (Å²) in [6.45, 7) is 2.92. The van der Waals surface area contributed by atoms with Crippen molar-refractivity contribution in [3.05, 3.63) is 18.0 Å². The van der Waals surface area contributed by atoms with Gasteiger partial charge in [-0.15, -0.1) is 0 Å². The summed E-state index contributed by atoms with van der Waals surface area (Å²) >= 11 is 0. The summed E-state index contributed by atoms with van der Waals surface area (Å²) in [5.74, 6) is 0.985. The van der Waals surface area contributed by atoms with Crippen LogP contribution in [0.3, 0.4) is 0 Å². The Morgan fingerprint density at radius 1 is 1.37 bits per heavy atom. The first-order chi connectivity index (χ1) is 9.15. The van der Waals surface area contributed by atoms with Crippen LogP contribution in [-0.4, -0.2) is 22.1 Å². The molecule has 0 aliphatic rings. The van der Waals surface area contributed by atoms with Crippen LogP contribution in [-0.2, 0) is 18.3 Å². The molecule has 1 rings (SSSR count). The van der Waals surface area contributed by atoms with Crippen LogP contribution in [0.15, 0.2) is 12.4 Å². The van der Waals surface area contributed by atoms with Gasteiger partial charge in [-0.05, 0) is 37.3 Å². The topological polar surface area (TPSA) is 60.9 Å². The van der Waals surface area contributed by atoms with Crippen LogP contribution in [0.1, 0.15) is 51.0 Å². The van der Waals surface area contributed by atoms with Crippen molar-refractivity contribution in [2.75, 3.05) is 6.54 Å². The zero-order chi connectivity index (χ0) is 14.1. The van der Waals surface area contributed by atoms with Crippen LogP contribution in [0.4, 0.5) is 0 Å². The Hall–Kier alpha value is -1.16. The van der Waals surface area contributed by atoms with Crippen molar-refractivity contribution in [1.82, 2.24) is 9.78 Å². The maximum absolute atomic E-state index is 11.9. The van der Waals surface area contributed by atoms with Crippen LogP contribution in [0, 0.1) is 5.92 Å². The number of nitrogens with two attached hydrogens (primary N) is 1. The van der Waals surface area contributed by atoms with Crippen molar-refractivity contribution in [2.45, 2.75) is 51.9 Å². The van der Waals surface area contributed by atoms with Crippen LogP contribution in [0.25, 0.3) is 0 Å². The van der Waals surface area contributed by atoms with E-state index < -0.39 is 0 Å². The van der Waals surface area contributed by atoms with Crippen molar-refractivity contribution < 1.29 is 4.79 Å². The summed E-state index contributed by atoms with van der Waals surface area (Å²) in [6.07, 6.45) is 10.4. The van der Waals surface area contributed by atoms with E-state index in [9.17, 15) is 4.79 Å². The number of hydrogen-bond acceptors (Lipinski definition) is 3. The van der Waals surface area contributed by atoms with E-state index in [0.29, 0.717) is 24.5 Å². The zero-order valence-electron chi connectivity index (χ0n) is 12.3. The molecule has 1 unspecified atom stereocenters. The van der Waals surface area contributed by atoms with Crippen molar-refractivity contribution in [3.8, 4) is 0 Å². The summed E-state index contributed by atoms with van der Waals surface area (Å²) in [5.41, 5.74) is 6.75. The molecule has 0 radical (unpaired) electrons. The van der Waals surface area contributed by atoms with E-state index in [1.807, 2.05) is 19.4 Å². The molecule has 0 saturated carbocycles. The molecule has 0 aromatic carbocycles. The lowest BCUT2D eigenvalue weighted by atomic mass is 9.92. The Morgan fingerprint density at radius 3 is 2.74 bits per heavy atom. The highest BCUT2D eigenvalue weighted by molar-refractivity contribution is 5.78. The fourth-order valence-corrected chi connectivity index (χ4v) is 2.45. The van der Waals surface area contributed by atoms with Gasteiger partial charge in [-0.3, -0.25) is 9.48 Å². The molecule has 0 aliphatic heterocycles. The molecule has 1 aromatic heterocycles. The summed E-state index contributed by atoms with van der Waals surface area (Å²) in [5, 5.41) is 4.11. The van der Waals surface area contributed by atoms with Gasteiger partial charge in [-0.25, -0.2) is 0 Å². The Labute approximate surface area is 116 Å². The number of aromatic nitrogens is 2. The third-order valence-electron chi connectivity index (χ3n) is 3.55. The highest BCUT2D eigenvalue weighted by Crippen LogP contribution is 2.18. The van der Waals surface area contributed by atoms with Gasteiger partial charge in [0.2, 0.25) is 0 Å². The monoisotopic (exact) mass is 265 g/mol. The minimum Gasteiger partial charge on any atom is -0.330 e. The largest absolute Gasteiger partial charge is 0.330 e. The number of carbonyl (C=O) groups excluding carboxylic acids is 1. The summed E-state index contributed by atoms with van der Waals surface area (Å²) in [4.78, 5) is 11.9. The number of nitrogens with zero attached hydrogens (tertiary/aromatic N) is 2. The fourth-order valence-electron chi connectivity index (χ4n) is 2.45. The first kappa shape index (κ1) is 15.9. The lowest BCUT2D eigenvalue weighted by Crippen LogP contribution is -2.11. The maximum Gasteiger partial charge on any atom is 0.133 e. The van der Waals surface area contributed by atoms with Crippen LogP contribution in [0.5, 0.6) is 0 Å². The van der Waals surface area contributed by atoms with E-state index in [1.165, 1.54) is 12.8 Å². The Kier molecular flexibility index (Phi) is 7.41. The maximum atomic E-state index is 11.9. The third-order valence-corrected chi connectivity index (χ3v) is 3.55. The predicted molar refractivity (Wildman–Crippen MR) is 77.8 cm³/mol. The highest BCUT2D eigenvalue weighted by atomic mass is 16.1. The van der Waals surface area contributed by atoms with Gasteiger partial charge >= 0.3 is 0 Å². The highest BCUT2D eigenvalue weighted by Gasteiger charge is 2.10. The van der Waals surface area contributed by atoms with Crippen LogP contribution < -0.4 is 5.73 Å². The Balaban J connectivity index is 2.22. The van der Waals surface area contributed by atoms with Gasteiger partial charge in [-0.2, -0.15) is 5.10 Å². The zero-order valence-corrected chi connectivity index (χ0v) is 12.3. The molecular weight excluding hydrogens is 238 g/mol. The predicted octanol–water partition coefficient (Wildman–Crippen LogP) is 2.47. The molecule has 0 saturated heterocycles. The summed E-state index contributed by atoms with van der Waals surface area (Å²) < 4.78 is 1.78. The van der Waals surface area contributed by atoms with Gasteiger partial charge in [0.25, 0.3) is 0 Å². The van der Waals surface area contributed by atoms with Gasteiger partial charge < -0.3 is 5.73 Å². The Morgan fingerprint density at radius 2 is 2.16 bits per heavy atom. The smallest absolute Gasteiger partial charge is 0.133 e. The lowest BCUT2D eigenvalue weighted by molar-refractivity contribution is -0.119. The molecule has 0 aliphatic carbocycles. The number of aryl methyl sites for hydroxylation is 2. The van der Waals surface area contributed by atoms with Crippen LogP contribution in [0.2, 0.25) is 0 Å². The standard InChI is InChI=1S/C15H27N3O/c1-3-4-13(9-10-16)5-7-15(19)8-6-14-11-17-18(2)12-14/h11-13H,3-10,16H2,1-2H3. The van der Waals surface area contributed by atoms with Gasteiger partial charge in [0.05, 0.1) is 6.20 Å². The average molecular weight is 265 g/mol. The minimum absolute atomic E-state index is 0.363. The normalized spacial score (nSPS) is 12.6. The van der Waals surface area contributed by atoms with Gasteiger partial charge in [0, 0.05) is 26.1 Å². The molecule has 1 aromatic rings. The first-order valence-electron chi connectivity index (χ1n) is 7.35. The molecule has 4 nitrogen and oxygen atoms in total.